The number of carboxylic acids is 1. The number of carbonyl (C=O) groups excluding carboxylic acids is 1. The van der Waals surface area contributed by atoms with Crippen LogP contribution in [0.25, 0.3) is 0 Å². The smallest absolute Gasteiger partial charge is 0.416 e. The minimum atomic E-state index is -4.71. The van der Waals surface area contributed by atoms with Crippen molar-refractivity contribution >= 4 is 11.9 Å². The number of nitrogens with zero attached hydrogens (tertiary/aromatic N) is 1. The van der Waals surface area contributed by atoms with Crippen LogP contribution in [0.1, 0.15) is 35.2 Å². The molecule has 8 heteroatoms. The maximum atomic E-state index is 13.7. The topological polar surface area (TPSA) is 57.6 Å². The first-order valence-corrected chi connectivity index (χ1v) is 6.62. The van der Waals surface area contributed by atoms with Gasteiger partial charge in [-0.15, -0.1) is 0 Å². The van der Waals surface area contributed by atoms with Crippen LogP contribution in [0, 0.1) is 5.82 Å². The Balaban J connectivity index is 2.37. The van der Waals surface area contributed by atoms with E-state index >= 15 is 0 Å². The highest BCUT2D eigenvalue weighted by Crippen LogP contribution is 2.31. The van der Waals surface area contributed by atoms with E-state index in [9.17, 15) is 27.2 Å². The third-order valence-corrected chi connectivity index (χ3v) is 3.57. The van der Waals surface area contributed by atoms with Gasteiger partial charge in [-0.25, -0.2) is 9.18 Å². The summed E-state index contributed by atoms with van der Waals surface area (Å²) in [5.74, 6) is -3.39. The van der Waals surface area contributed by atoms with Gasteiger partial charge >= 0.3 is 12.1 Å². The maximum Gasteiger partial charge on any atom is 0.416 e. The number of hydrogen-bond donors (Lipinski definition) is 1. The summed E-state index contributed by atoms with van der Waals surface area (Å²) in [6.45, 7) is 0.0749. The van der Waals surface area contributed by atoms with E-state index in [0.29, 0.717) is 31.0 Å². The average Bonchev–Trinajstić information content (AvgIpc) is 2.45. The van der Waals surface area contributed by atoms with E-state index < -0.39 is 41.0 Å². The first-order chi connectivity index (χ1) is 10.2. The van der Waals surface area contributed by atoms with Crippen LogP contribution in [-0.4, -0.2) is 34.5 Å². The summed E-state index contributed by atoms with van der Waals surface area (Å²) in [6, 6.07) is 0.382. The van der Waals surface area contributed by atoms with Gasteiger partial charge in [0, 0.05) is 6.54 Å². The normalized spacial score (nSPS) is 19.1. The van der Waals surface area contributed by atoms with Gasteiger partial charge in [0.2, 0.25) is 0 Å². The predicted molar refractivity (Wildman–Crippen MR) is 67.7 cm³/mol. The molecule has 1 atom stereocenters. The van der Waals surface area contributed by atoms with Crippen molar-refractivity contribution in [1.29, 1.82) is 0 Å². The first-order valence-electron chi connectivity index (χ1n) is 6.62. The Kier molecular flexibility index (Phi) is 4.39. The molecule has 0 aromatic heterocycles. The van der Waals surface area contributed by atoms with Gasteiger partial charge in [0.15, 0.2) is 0 Å². The SMILES string of the molecule is O=C(O)[C@@H]1CCCCN1C(=O)c1cc(C(F)(F)F)ccc1F. The van der Waals surface area contributed by atoms with Crippen molar-refractivity contribution < 1.29 is 32.3 Å². The van der Waals surface area contributed by atoms with E-state index in [-0.39, 0.29) is 13.0 Å². The van der Waals surface area contributed by atoms with Crippen LogP contribution < -0.4 is 0 Å². The summed E-state index contributed by atoms with van der Waals surface area (Å²) in [4.78, 5) is 24.3. The number of carboxylic acid groups (broad SMARTS) is 1. The lowest BCUT2D eigenvalue weighted by Gasteiger charge is -2.33. The van der Waals surface area contributed by atoms with Crippen LogP contribution in [0.2, 0.25) is 0 Å². The molecule has 0 aliphatic carbocycles. The monoisotopic (exact) mass is 319 g/mol. The summed E-state index contributed by atoms with van der Waals surface area (Å²) in [5, 5.41) is 9.09. The second-order valence-corrected chi connectivity index (χ2v) is 5.04. The van der Waals surface area contributed by atoms with E-state index in [0.717, 1.165) is 4.90 Å². The van der Waals surface area contributed by atoms with Crippen molar-refractivity contribution in [3.63, 3.8) is 0 Å². The molecule has 0 unspecified atom stereocenters. The number of piperidine rings is 1. The van der Waals surface area contributed by atoms with Crippen molar-refractivity contribution in [3.8, 4) is 0 Å². The van der Waals surface area contributed by atoms with Gasteiger partial charge in [-0.2, -0.15) is 13.2 Å². The molecule has 1 aliphatic rings. The number of likely N-dealkylation sites (tertiary alicyclic amines) is 1. The summed E-state index contributed by atoms with van der Waals surface area (Å²) in [6.07, 6.45) is -3.40. The second-order valence-electron chi connectivity index (χ2n) is 5.04. The van der Waals surface area contributed by atoms with E-state index in [1.165, 1.54) is 0 Å². The molecule has 0 bridgehead atoms. The molecule has 120 valence electrons. The minimum absolute atomic E-state index is 0.0749. The molecule has 1 N–H and O–H groups in total. The molecule has 1 aromatic rings. The molecule has 0 radical (unpaired) electrons. The van der Waals surface area contributed by atoms with Gasteiger partial charge in [-0.05, 0) is 37.5 Å². The van der Waals surface area contributed by atoms with Crippen LogP contribution in [0.5, 0.6) is 0 Å². The standard InChI is InChI=1S/C14H13F4NO3/c15-10-5-4-8(14(16,17)18)7-9(10)12(20)19-6-2-1-3-11(19)13(21)22/h4-5,7,11H,1-3,6H2,(H,21,22)/t11-/m0/s1. The largest absolute Gasteiger partial charge is 0.480 e. The Morgan fingerprint density at radius 1 is 1.23 bits per heavy atom. The number of benzene rings is 1. The summed E-state index contributed by atoms with van der Waals surface area (Å²) < 4.78 is 51.7. The molecule has 1 amide bonds. The summed E-state index contributed by atoms with van der Waals surface area (Å²) in [5.41, 5.74) is -1.91. The van der Waals surface area contributed by atoms with Crippen molar-refractivity contribution in [3.05, 3.63) is 35.1 Å². The highest BCUT2D eigenvalue weighted by atomic mass is 19.4. The van der Waals surface area contributed by atoms with Crippen molar-refractivity contribution in [2.75, 3.05) is 6.54 Å². The Labute approximate surface area is 123 Å². The number of carbonyl (C=O) groups is 2. The molecular formula is C14H13F4NO3. The highest BCUT2D eigenvalue weighted by molar-refractivity contribution is 5.97. The number of amides is 1. The van der Waals surface area contributed by atoms with Gasteiger partial charge in [-0.1, -0.05) is 0 Å². The molecule has 1 heterocycles. The molecule has 1 aliphatic heterocycles. The molecule has 0 saturated carbocycles. The number of hydrogen-bond acceptors (Lipinski definition) is 2. The van der Waals surface area contributed by atoms with Crippen LogP contribution in [0.3, 0.4) is 0 Å². The van der Waals surface area contributed by atoms with Crippen molar-refractivity contribution in [2.24, 2.45) is 0 Å². The predicted octanol–water partition coefficient (Wildman–Crippen LogP) is 2.92. The Bertz CT molecular complexity index is 600. The molecule has 0 spiro atoms. The molecule has 22 heavy (non-hydrogen) atoms. The highest BCUT2D eigenvalue weighted by Gasteiger charge is 2.36. The average molecular weight is 319 g/mol. The molecule has 2 rings (SSSR count). The van der Waals surface area contributed by atoms with E-state index in [1.54, 1.807) is 0 Å². The first kappa shape index (κ1) is 16.3. The summed E-state index contributed by atoms with van der Waals surface area (Å²) >= 11 is 0. The fraction of sp³-hybridized carbons (Fsp3) is 0.429. The van der Waals surface area contributed by atoms with Crippen molar-refractivity contribution in [2.45, 2.75) is 31.5 Å². The second kappa shape index (κ2) is 5.94. The van der Waals surface area contributed by atoms with Gasteiger partial charge in [-0.3, -0.25) is 4.79 Å². The van der Waals surface area contributed by atoms with Crippen LogP contribution in [0.4, 0.5) is 17.6 Å². The van der Waals surface area contributed by atoms with Gasteiger partial charge in [0.25, 0.3) is 5.91 Å². The van der Waals surface area contributed by atoms with Gasteiger partial charge in [0.05, 0.1) is 11.1 Å². The molecule has 1 aromatic carbocycles. The lowest BCUT2D eigenvalue weighted by Crippen LogP contribution is -2.48. The van der Waals surface area contributed by atoms with Gasteiger partial charge in [0.1, 0.15) is 11.9 Å². The van der Waals surface area contributed by atoms with E-state index in [2.05, 4.69) is 0 Å². The zero-order valence-corrected chi connectivity index (χ0v) is 11.4. The Hall–Kier alpha value is -2.12. The maximum absolute atomic E-state index is 13.7. The lowest BCUT2D eigenvalue weighted by molar-refractivity contribution is -0.143. The Morgan fingerprint density at radius 3 is 2.50 bits per heavy atom. The summed E-state index contributed by atoms with van der Waals surface area (Å²) in [7, 11) is 0. The fourth-order valence-electron chi connectivity index (χ4n) is 2.45. The van der Waals surface area contributed by atoms with Crippen molar-refractivity contribution in [1.82, 2.24) is 4.90 Å². The van der Waals surface area contributed by atoms with Crippen LogP contribution in [0.15, 0.2) is 18.2 Å². The quantitative estimate of drug-likeness (QED) is 0.853. The minimum Gasteiger partial charge on any atom is -0.480 e. The lowest BCUT2D eigenvalue weighted by atomic mass is 10.00. The number of alkyl halides is 3. The van der Waals surface area contributed by atoms with Crippen LogP contribution >= 0.6 is 0 Å². The zero-order chi connectivity index (χ0) is 16.5. The van der Waals surface area contributed by atoms with Crippen LogP contribution in [-0.2, 0) is 11.0 Å². The number of halogens is 4. The van der Waals surface area contributed by atoms with Gasteiger partial charge < -0.3 is 10.0 Å². The van der Waals surface area contributed by atoms with E-state index in [1.807, 2.05) is 0 Å². The number of rotatable bonds is 2. The fourth-order valence-corrected chi connectivity index (χ4v) is 2.45. The van der Waals surface area contributed by atoms with E-state index in [4.69, 9.17) is 5.11 Å². The molecular weight excluding hydrogens is 306 g/mol. The number of aliphatic carboxylic acids is 1. The molecule has 1 saturated heterocycles. The molecule has 4 nitrogen and oxygen atoms in total. The zero-order valence-electron chi connectivity index (χ0n) is 11.4. The third-order valence-electron chi connectivity index (χ3n) is 3.57. The third kappa shape index (κ3) is 3.20. The molecule has 1 fully saturated rings. The Morgan fingerprint density at radius 2 is 1.91 bits per heavy atom.